The molecule has 4 atom stereocenters. The van der Waals surface area contributed by atoms with Crippen molar-refractivity contribution in [3.63, 3.8) is 0 Å². The maximum atomic E-state index is 3.00. The van der Waals surface area contributed by atoms with E-state index in [0.29, 0.717) is 5.92 Å². The summed E-state index contributed by atoms with van der Waals surface area (Å²) in [4.78, 5) is 8.88. The predicted octanol–water partition coefficient (Wildman–Crippen LogP) is 22.8. The molecule has 0 N–H and O–H groups in total. The minimum atomic E-state index is -0.363. The summed E-state index contributed by atoms with van der Waals surface area (Å²) < 4.78 is 0. The Morgan fingerprint density at radius 1 is 0.387 bits per heavy atom. The summed E-state index contributed by atoms with van der Waals surface area (Å²) in [5.41, 5.74) is 36.4. The first kappa shape index (κ1) is 60.9. The second-order valence-corrected chi connectivity index (χ2v) is 40.1. The minimum absolute atomic E-state index is 0.0154. The Morgan fingerprint density at radius 2 is 0.849 bits per heavy atom. The molecule has 11 aliphatic rings. The zero-order valence-corrected chi connectivity index (χ0v) is 61.9. The minimum Gasteiger partial charge on any atom is -0.334 e. The van der Waals surface area contributed by atoms with Gasteiger partial charge in [0.1, 0.15) is 0 Å². The van der Waals surface area contributed by atoms with Crippen molar-refractivity contribution in [3.8, 4) is 0 Å². The van der Waals surface area contributed by atoms with Crippen LogP contribution in [0.5, 0.6) is 0 Å². The molecule has 1 fully saturated rings. The molecule has 0 aromatic heterocycles. The van der Waals surface area contributed by atoms with Crippen molar-refractivity contribution in [2.75, 3.05) is 14.7 Å². The highest BCUT2D eigenvalue weighted by Gasteiger charge is 2.65. The highest BCUT2D eigenvalue weighted by molar-refractivity contribution is 6.99. The van der Waals surface area contributed by atoms with Gasteiger partial charge in [0.05, 0.1) is 5.54 Å². The van der Waals surface area contributed by atoms with Crippen molar-refractivity contribution in [1.29, 1.82) is 0 Å². The van der Waals surface area contributed by atoms with Gasteiger partial charge < -0.3 is 14.7 Å². The maximum Gasteiger partial charge on any atom is 0.249 e. The lowest BCUT2D eigenvalue weighted by atomic mass is 9.29. The Hall–Kier alpha value is -5.74. The van der Waals surface area contributed by atoms with Crippen LogP contribution < -0.4 is 20.2 Å². The van der Waals surface area contributed by atoms with Crippen LogP contribution in [-0.2, 0) is 65.0 Å². The van der Waals surface area contributed by atoms with Gasteiger partial charge in [0.15, 0.2) is 0 Å². The molecule has 7 aliphatic carbocycles. The Labute approximate surface area is 562 Å². The van der Waals surface area contributed by atoms with E-state index in [4.69, 9.17) is 0 Å². The van der Waals surface area contributed by atoms with Gasteiger partial charge in [0, 0.05) is 67.3 Å². The molecule has 93 heavy (non-hydrogen) atoms. The van der Waals surface area contributed by atoms with Crippen LogP contribution in [0.2, 0.25) is 0 Å². The van der Waals surface area contributed by atoms with E-state index in [1.54, 1.807) is 49.9 Å². The van der Waals surface area contributed by atoms with E-state index >= 15 is 0 Å². The lowest BCUT2D eigenvalue weighted by Gasteiger charge is -2.58. The van der Waals surface area contributed by atoms with Gasteiger partial charge in [-0.2, -0.15) is 0 Å². The molecule has 4 aliphatic heterocycles. The molecule has 0 amide bonds. The van der Waals surface area contributed by atoms with E-state index in [9.17, 15) is 0 Å². The number of benzene rings is 6. The van der Waals surface area contributed by atoms with E-state index in [1.807, 2.05) is 0 Å². The number of rotatable bonds is 1. The Bertz CT molecular complexity index is 4470. The van der Waals surface area contributed by atoms with Crippen LogP contribution in [0.4, 0.5) is 34.1 Å². The van der Waals surface area contributed by atoms with Crippen molar-refractivity contribution >= 4 is 57.5 Å². The Kier molecular flexibility index (Phi) is 11.6. The summed E-state index contributed by atoms with van der Waals surface area (Å²) in [7, 11) is 0. The molecule has 1 saturated carbocycles. The standard InChI is InChI=1S/C89H110BN3/c1-77(2,3)51-25-30-69-68(41-51)88(23)32-31-52-50-89(88,24)93(69)55-44-70-73-71(45-55)92(54-27-28-58-62(42-54)80(8,9)34-33-78(58,4)5)76-72(56-46-63-65(48-60(56)86(76,20)21)83(14,15)37-35-81(63,10)11)90(73)75-74(91(70)53-26-29-59-67(43-53)87(52,22)40-39-79(59,6)7)57-47-64-66(49-61(57)85(75,18)19)84(16,17)38-36-82(64,12)13/h25-30,41-49,52H,31-40,50H2,1-24H3. The monoisotopic (exact) mass is 1230 g/mol. The summed E-state index contributed by atoms with van der Waals surface area (Å²) in [6.07, 6.45) is 13.0. The molecule has 4 heterocycles. The summed E-state index contributed by atoms with van der Waals surface area (Å²) in [6.45, 7) is 61.7. The Balaban J connectivity index is 1.07. The molecule has 4 unspecified atom stereocenters. The third-order valence-electron chi connectivity index (χ3n) is 29.7. The average molecular weight is 1230 g/mol. The van der Waals surface area contributed by atoms with Gasteiger partial charge in [-0.3, -0.25) is 0 Å². The zero-order chi connectivity index (χ0) is 66.2. The largest absolute Gasteiger partial charge is 0.334 e. The zero-order valence-electron chi connectivity index (χ0n) is 61.9. The van der Waals surface area contributed by atoms with Crippen molar-refractivity contribution in [2.45, 2.75) is 307 Å². The molecule has 484 valence electrons. The average Bonchev–Trinajstić information content (AvgIpc) is 1.53. The van der Waals surface area contributed by atoms with Gasteiger partial charge in [0.25, 0.3) is 0 Å². The normalized spacial score (nSPS) is 29.2. The summed E-state index contributed by atoms with van der Waals surface area (Å²) in [5, 5.41) is 0. The second-order valence-electron chi connectivity index (χ2n) is 40.1. The summed E-state index contributed by atoms with van der Waals surface area (Å²) >= 11 is 0. The quantitative estimate of drug-likeness (QED) is 0.152. The fourth-order valence-electron chi connectivity index (χ4n) is 22.8. The number of allylic oxidation sites excluding steroid dienone is 2. The van der Waals surface area contributed by atoms with Crippen LogP contribution in [-0.4, -0.2) is 12.3 Å². The number of anilines is 6. The van der Waals surface area contributed by atoms with Crippen LogP contribution in [0.3, 0.4) is 0 Å². The molecule has 6 aromatic carbocycles. The molecular weight excluding hydrogens is 1120 g/mol. The van der Waals surface area contributed by atoms with E-state index in [1.165, 1.54) is 154 Å². The Morgan fingerprint density at radius 3 is 1.41 bits per heavy atom. The second kappa shape index (κ2) is 17.7. The molecule has 3 nitrogen and oxygen atoms in total. The first-order valence-corrected chi connectivity index (χ1v) is 36.9. The third kappa shape index (κ3) is 7.53. The molecular formula is C89H110BN3. The topological polar surface area (TPSA) is 9.72 Å². The highest BCUT2D eigenvalue weighted by atomic mass is 15.3. The van der Waals surface area contributed by atoms with Gasteiger partial charge in [-0.05, 0) is 264 Å². The van der Waals surface area contributed by atoms with Crippen LogP contribution >= 0.6 is 0 Å². The molecule has 6 aromatic rings. The lowest BCUT2D eigenvalue weighted by Crippen LogP contribution is -2.59. The van der Waals surface area contributed by atoms with Crippen LogP contribution in [0.25, 0.3) is 11.2 Å². The smallest absolute Gasteiger partial charge is 0.249 e. The van der Waals surface area contributed by atoms with Crippen molar-refractivity contribution < 1.29 is 0 Å². The number of hydrogen-bond acceptors (Lipinski definition) is 3. The number of hydrogen-bond donors (Lipinski definition) is 0. The van der Waals surface area contributed by atoms with Gasteiger partial charge in [-0.25, -0.2) is 0 Å². The van der Waals surface area contributed by atoms with Gasteiger partial charge in [-0.1, -0.05) is 207 Å². The van der Waals surface area contributed by atoms with E-state index in [2.05, 4.69) is 272 Å². The first-order valence-electron chi connectivity index (χ1n) is 36.9. The molecule has 17 rings (SSSR count). The summed E-state index contributed by atoms with van der Waals surface area (Å²) in [6, 6.07) is 40.6. The predicted molar refractivity (Wildman–Crippen MR) is 398 cm³/mol. The molecule has 0 saturated heterocycles. The lowest BCUT2D eigenvalue weighted by molar-refractivity contribution is 0.0840. The number of fused-ring (bicyclic) bond motifs is 19. The fraction of sp³-hybridized carbons (Fsp3) is 0.551. The first-order chi connectivity index (χ1) is 43.0. The van der Waals surface area contributed by atoms with Crippen molar-refractivity contribution in [1.82, 2.24) is 0 Å². The van der Waals surface area contributed by atoms with E-state index in [-0.39, 0.29) is 77.2 Å². The number of nitrogens with zero attached hydrogens (tertiary/aromatic N) is 3. The van der Waals surface area contributed by atoms with Crippen LogP contribution in [0.15, 0.2) is 102 Å². The third-order valence-corrected chi connectivity index (χ3v) is 29.7. The molecule has 4 heteroatoms. The van der Waals surface area contributed by atoms with Crippen LogP contribution in [0, 0.1) is 5.92 Å². The summed E-state index contributed by atoms with van der Waals surface area (Å²) in [5.74, 6) is 0.491. The van der Waals surface area contributed by atoms with E-state index < -0.39 is 0 Å². The van der Waals surface area contributed by atoms with Gasteiger partial charge in [0.2, 0.25) is 6.71 Å². The highest BCUT2D eigenvalue weighted by Crippen LogP contribution is 2.70. The SMILES string of the molecule is CC(C)(C)c1ccc2c(c1)C1(C)CCC3CC1(C)N2c1cc2c4c(c1)N(c1ccc5c(c1)C(C)(C)CCC5(C)C)C1=C(B4C4=C(c5cc6c(cc5C4(C)C)C(C)(C)CCC6(C)C)N2c2ccc4c(c2)C3(C)CCC4(C)C)c2cc3c(cc2C1(C)C)C(C)(C)CCC3(C)C. The van der Waals surface area contributed by atoms with Crippen molar-refractivity contribution in [3.05, 3.63) is 180 Å². The molecule has 0 spiro atoms. The van der Waals surface area contributed by atoms with E-state index in [0.717, 1.165) is 6.42 Å². The van der Waals surface area contributed by atoms with Gasteiger partial charge >= 0.3 is 0 Å². The molecule has 6 bridgehead atoms. The van der Waals surface area contributed by atoms with Crippen molar-refractivity contribution in [2.24, 2.45) is 5.92 Å². The maximum absolute atomic E-state index is 3.00. The van der Waals surface area contributed by atoms with Crippen LogP contribution in [0.1, 0.15) is 315 Å². The fourth-order valence-corrected chi connectivity index (χ4v) is 22.8. The molecule has 0 radical (unpaired) electrons. The van der Waals surface area contributed by atoms with Gasteiger partial charge in [-0.15, -0.1) is 0 Å².